The molecule has 114 valence electrons. The molecule has 0 bridgehead atoms. The van der Waals surface area contributed by atoms with Crippen molar-refractivity contribution in [2.45, 2.75) is 38.6 Å². The van der Waals surface area contributed by atoms with Crippen molar-refractivity contribution in [3.63, 3.8) is 0 Å². The summed E-state index contributed by atoms with van der Waals surface area (Å²) in [4.78, 5) is 4.78. The predicted molar refractivity (Wildman–Crippen MR) is 88.9 cm³/mol. The summed E-state index contributed by atoms with van der Waals surface area (Å²) in [6.45, 7) is 5.18. The van der Waals surface area contributed by atoms with E-state index in [1.54, 1.807) is 0 Å². The number of rotatable bonds is 7. The molecule has 1 aromatic heterocycles. The van der Waals surface area contributed by atoms with Gasteiger partial charge in [-0.2, -0.15) is 0 Å². The Balaban J connectivity index is 1.66. The van der Waals surface area contributed by atoms with Crippen molar-refractivity contribution >= 4 is 21.6 Å². The average Bonchev–Trinajstić information content (AvgIpc) is 3.13. The van der Waals surface area contributed by atoms with E-state index in [9.17, 15) is 0 Å². The first-order valence-electron chi connectivity index (χ1n) is 8.00. The molecular weight excluding hydrogens is 280 g/mol. The minimum atomic E-state index is 0.525. The number of nitrogens with zero attached hydrogens (tertiary/aromatic N) is 1. The van der Waals surface area contributed by atoms with E-state index < -0.39 is 0 Å². The van der Waals surface area contributed by atoms with Crippen molar-refractivity contribution in [3.05, 3.63) is 29.3 Å². The molecule has 0 radical (unpaired) electrons. The summed E-state index contributed by atoms with van der Waals surface area (Å²) in [5, 5.41) is 4.95. The zero-order chi connectivity index (χ0) is 14.5. The van der Waals surface area contributed by atoms with Gasteiger partial charge < -0.3 is 10.1 Å². The molecule has 21 heavy (non-hydrogen) atoms. The van der Waals surface area contributed by atoms with Crippen LogP contribution in [0.1, 0.15) is 31.2 Å². The quantitative estimate of drug-likeness (QED) is 0.848. The Morgan fingerprint density at radius 2 is 2.33 bits per heavy atom. The number of hydrogen-bond donors (Lipinski definition) is 1. The summed E-state index contributed by atoms with van der Waals surface area (Å²) in [5.74, 6) is 0.716. The molecule has 2 aromatic rings. The Kier molecular flexibility index (Phi) is 5.22. The van der Waals surface area contributed by atoms with E-state index in [0.717, 1.165) is 31.7 Å². The molecule has 0 saturated carbocycles. The molecular formula is C17H24N2OS. The largest absolute Gasteiger partial charge is 0.381 e. The van der Waals surface area contributed by atoms with E-state index >= 15 is 0 Å². The minimum absolute atomic E-state index is 0.525. The molecule has 2 unspecified atom stereocenters. The molecule has 1 aliphatic heterocycles. The van der Waals surface area contributed by atoms with E-state index in [4.69, 9.17) is 9.72 Å². The van der Waals surface area contributed by atoms with Gasteiger partial charge in [0, 0.05) is 25.7 Å². The fourth-order valence-corrected chi connectivity index (χ4v) is 4.02. The average molecular weight is 304 g/mol. The molecule has 1 saturated heterocycles. The second kappa shape index (κ2) is 7.34. The summed E-state index contributed by atoms with van der Waals surface area (Å²) >= 11 is 1.83. The summed E-state index contributed by atoms with van der Waals surface area (Å²) in [7, 11) is 0. The van der Waals surface area contributed by atoms with Gasteiger partial charge in [-0.3, -0.25) is 0 Å². The molecule has 1 aliphatic rings. The van der Waals surface area contributed by atoms with Crippen LogP contribution >= 0.6 is 11.3 Å². The van der Waals surface area contributed by atoms with Gasteiger partial charge in [-0.1, -0.05) is 19.1 Å². The van der Waals surface area contributed by atoms with Gasteiger partial charge in [0.1, 0.15) is 0 Å². The van der Waals surface area contributed by atoms with Crippen LogP contribution in [0.3, 0.4) is 0 Å². The van der Waals surface area contributed by atoms with E-state index in [2.05, 4.69) is 36.5 Å². The SMILES string of the molecule is CCCNC(Cc1nc2ccccc2s1)CC1CCOC1. The van der Waals surface area contributed by atoms with Gasteiger partial charge in [0.15, 0.2) is 0 Å². The molecule has 0 spiro atoms. The van der Waals surface area contributed by atoms with Crippen LogP contribution < -0.4 is 5.32 Å². The number of thiazole rings is 1. The number of nitrogens with one attached hydrogen (secondary N) is 1. The monoisotopic (exact) mass is 304 g/mol. The highest BCUT2D eigenvalue weighted by Crippen LogP contribution is 2.25. The topological polar surface area (TPSA) is 34.2 Å². The highest BCUT2D eigenvalue weighted by molar-refractivity contribution is 7.18. The first-order valence-corrected chi connectivity index (χ1v) is 8.82. The highest BCUT2D eigenvalue weighted by atomic mass is 32.1. The third-order valence-electron chi connectivity index (χ3n) is 4.08. The number of para-hydroxylation sites is 1. The maximum Gasteiger partial charge on any atom is 0.0954 e. The maximum absolute atomic E-state index is 5.52. The third kappa shape index (κ3) is 4.02. The summed E-state index contributed by atoms with van der Waals surface area (Å²) in [5.41, 5.74) is 1.14. The maximum atomic E-state index is 5.52. The number of fused-ring (bicyclic) bond motifs is 1. The molecule has 1 N–H and O–H groups in total. The van der Waals surface area contributed by atoms with Crippen LogP contribution in [0.5, 0.6) is 0 Å². The Morgan fingerprint density at radius 1 is 1.43 bits per heavy atom. The highest BCUT2D eigenvalue weighted by Gasteiger charge is 2.21. The first-order chi connectivity index (χ1) is 10.3. The van der Waals surface area contributed by atoms with Crippen LogP contribution in [0.15, 0.2) is 24.3 Å². The van der Waals surface area contributed by atoms with E-state index in [1.165, 1.54) is 29.0 Å². The number of benzene rings is 1. The fraction of sp³-hybridized carbons (Fsp3) is 0.588. The molecule has 4 heteroatoms. The van der Waals surface area contributed by atoms with Crippen molar-refractivity contribution < 1.29 is 4.74 Å². The van der Waals surface area contributed by atoms with Gasteiger partial charge in [-0.15, -0.1) is 11.3 Å². The lowest BCUT2D eigenvalue weighted by atomic mass is 9.97. The number of ether oxygens (including phenoxy) is 1. The summed E-state index contributed by atoms with van der Waals surface area (Å²) in [6, 6.07) is 8.95. The Bertz CT molecular complexity index is 530. The Hall–Kier alpha value is -0.970. The van der Waals surface area contributed by atoms with Gasteiger partial charge >= 0.3 is 0 Å². The molecule has 1 aromatic carbocycles. The van der Waals surface area contributed by atoms with Gasteiger partial charge in [-0.25, -0.2) is 4.98 Å². The van der Waals surface area contributed by atoms with Crippen LogP contribution in [-0.4, -0.2) is 30.8 Å². The van der Waals surface area contributed by atoms with Crippen molar-refractivity contribution in [3.8, 4) is 0 Å². The van der Waals surface area contributed by atoms with Crippen molar-refractivity contribution in [1.82, 2.24) is 10.3 Å². The molecule has 2 atom stereocenters. The number of aromatic nitrogens is 1. The van der Waals surface area contributed by atoms with Crippen LogP contribution in [0.2, 0.25) is 0 Å². The van der Waals surface area contributed by atoms with E-state index in [0.29, 0.717) is 12.0 Å². The summed E-state index contributed by atoms with van der Waals surface area (Å²) in [6.07, 6.45) is 4.63. The molecule has 3 nitrogen and oxygen atoms in total. The molecule has 3 rings (SSSR count). The smallest absolute Gasteiger partial charge is 0.0954 e. The van der Waals surface area contributed by atoms with Crippen LogP contribution in [-0.2, 0) is 11.2 Å². The zero-order valence-electron chi connectivity index (χ0n) is 12.7. The number of hydrogen-bond acceptors (Lipinski definition) is 4. The minimum Gasteiger partial charge on any atom is -0.381 e. The predicted octanol–water partition coefficient (Wildman–Crippen LogP) is 3.63. The lowest BCUT2D eigenvalue weighted by Crippen LogP contribution is -2.34. The van der Waals surface area contributed by atoms with Crippen LogP contribution in [0, 0.1) is 5.92 Å². The zero-order valence-corrected chi connectivity index (χ0v) is 13.5. The standard InChI is InChI=1S/C17H24N2OS/c1-2-8-18-14(10-13-7-9-20-12-13)11-17-19-15-5-3-4-6-16(15)21-17/h3-6,13-14,18H,2,7-12H2,1H3. The van der Waals surface area contributed by atoms with Gasteiger partial charge in [0.2, 0.25) is 0 Å². The lowest BCUT2D eigenvalue weighted by molar-refractivity contribution is 0.181. The van der Waals surface area contributed by atoms with Gasteiger partial charge in [0.25, 0.3) is 0 Å². The normalized spacial score (nSPS) is 20.1. The summed E-state index contributed by atoms with van der Waals surface area (Å²) < 4.78 is 6.82. The Labute approximate surface area is 130 Å². The van der Waals surface area contributed by atoms with Crippen LogP contribution in [0.25, 0.3) is 10.2 Å². The van der Waals surface area contributed by atoms with E-state index in [-0.39, 0.29) is 0 Å². The Morgan fingerprint density at radius 3 is 3.10 bits per heavy atom. The van der Waals surface area contributed by atoms with Crippen molar-refractivity contribution in [2.75, 3.05) is 19.8 Å². The first kappa shape index (κ1) is 14.9. The lowest BCUT2D eigenvalue weighted by Gasteiger charge is -2.20. The third-order valence-corrected chi connectivity index (χ3v) is 5.14. The molecule has 0 aliphatic carbocycles. The van der Waals surface area contributed by atoms with Crippen LogP contribution in [0.4, 0.5) is 0 Å². The molecule has 0 amide bonds. The fourth-order valence-electron chi connectivity index (χ4n) is 2.98. The second-order valence-electron chi connectivity index (χ2n) is 5.90. The molecule has 1 fully saturated rings. The van der Waals surface area contributed by atoms with E-state index in [1.807, 2.05) is 11.3 Å². The van der Waals surface area contributed by atoms with Crippen molar-refractivity contribution in [1.29, 1.82) is 0 Å². The van der Waals surface area contributed by atoms with Crippen molar-refractivity contribution in [2.24, 2.45) is 5.92 Å². The van der Waals surface area contributed by atoms with Gasteiger partial charge in [-0.05, 0) is 43.9 Å². The van der Waals surface area contributed by atoms with Gasteiger partial charge in [0.05, 0.1) is 15.2 Å². The second-order valence-corrected chi connectivity index (χ2v) is 7.01. The molecule has 2 heterocycles.